The number of nitrogens with zero attached hydrogens (tertiary/aromatic N) is 3. The summed E-state index contributed by atoms with van der Waals surface area (Å²) in [4.78, 5) is 32.0. The second-order valence-corrected chi connectivity index (χ2v) is 10.5. The first kappa shape index (κ1) is 27.5. The summed E-state index contributed by atoms with van der Waals surface area (Å²) in [5.41, 5.74) is 3.84. The molecular weight excluding hydrogens is 510 g/mol. The van der Waals surface area contributed by atoms with Crippen LogP contribution in [0, 0.1) is 11.6 Å². The van der Waals surface area contributed by atoms with Gasteiger partial charge in [0.1, 0.15) is 11.6 Å². The lowest BCUT2D eigenvalue weighted by atomic mass is 9.89. The number of rotatable bonds is 6. The number of anilines is 2. The number of carbonyl (C=O) groups excluding carboxylic acids is 2. The number of likely N-dealkylation sites (tertiary alicyclic amines) is 1. The summed E-state index contributed by atoms with van der Waals surface area (Å²) in [5, 5.41) is 2.76. The van der Waals surface area contributed by atoms with Crippen molar-refractivity contribution in [2.24, 2.45) is 0 Å². The fourth-order valence-electron chi connectivity index (χ4n) is 5.30. The molecular formula is C32H34F2N4O2. The summed E-state index contributed by atoms with van der Waals surface area (Å²) in [5.74, 6) is -1.37. The van der Waals surface area contributed by atoms with Crippen molar-refractivity contribution in [3.8, 4) is 0 Å². The quantitative estimate of drug-likeness (QED) is 0.423. The fourth-order valence-corrected chi connectivity index (χ4v) is 5.30. The van der Waals surface area contributed by atoms with E-state index in [1.165, 1.54) is 29.5 Å². The van der Waals surface area contributed by atoms with Gasteiger partial charge in [-0.15, -0.1) is 0 Å². The second kappa shape index (κ2) is 12.4. The maximum atomic E-state index is 13.7. The van der Waals surface area contributed by atoms with Gasteiger partial charge in [0.15, 0.2) is 0 Å². The Kier molecular flexibility index (Phi) is 8.55. The van der Waals surface area contributed by atoms with E-state index in [4.69, 9.17) is 0 Å². The zero-order valence-corrected chi connectivity index (χ0v) is 22.7. The Bertz CT molecular complexity index is 1360. The average molecular weight is 545 g/mol. The highest BCUT2D eigenvalue weighted by Crippen LogP contribution is 2.30. The third-order valence-electron chi connectivity index (χ3n) is 7.79. The van der Waals surface area contributed by atoms with Gasteiger partial charge in [-0.25, -0.2) is 8.78 Å². The summed E-state index contributed by atoms with van der Waals surface area (Å²) in [7, 11) is 2.14. The highest BCUT2D eigenvalue weighted by Gasteiger charge is 2.25. The molecule has 2 aliphatic heterocycles. The van der Waals surface area contributed by atoms with Crippen molar-refractivity contribution in [1.82, 2.24) is 9.80 Å². The van der Waals surface area contributed by atoms with Gasteiger partial charge >= 0.3 is 0 Å². The van der Waals surface area contributed by atoms with Gasteiger partial charge in [0.2, 0.25) is 5.91 Å². The highest BCUT2D eigenvalue weighted by atomic mass is 19.1. The normalized spacial score (nSPS) is 16.9. The molecule has 2 saturated heterocycles. The van der Waals surface area contributed by atoms with Crippen LogP contribution in [0.25, 0.3) is 6.08 Å². The van der Waals surface area contributed by atoms with Crippen LogP contribution in [-0.2, 0) is 4.79 Å². The Labute approximate surface area is 233 Å². The third kappa shape index (κ3) is 6.74. The number of likely N-dealkylation sites (N-methyl/N-ethyl adjacent to an activating group) is 1. The van der Waals surface area contributed by atoms with Crippen molar-refractivity contribution in [2.45, 2.75) is 18.8 Å². The molecule has 3 aromatic carbocycles. The second-order valence-electron chi connectivity index (χ2n) is 10.5. The molecule has 0 saturated carbocycles. The molecule has 0 atom stereocenters. The van der Waals surface area contributed by atoms with Crippen LogP contribution < -0.4 is 10.2 Å². The van der Waals surface area contributed by atoms with Gasteiger partial charge in [-0.3, -0.25) is 9.59 Å². The number of benzene rings is 3. The molecule has 2 amide bonds. The lowest BCUT2D eigenvalue weighted by Crippen LogP contribution is -2.44. The minimum absolute atomic E-state index is 0.0787. The van der Waals surface area contributed by atoms with Gasteiger partial charge < -0.3 is 20.0 Å². The van der Waals surface area contributed by atoms with Crippen LogP contribution in [0.4, 0.5) is 20.2 Å². The zero-order valence-electron chi connectivity index (χ0n) is 22.7. The Morgan fingerprint density at radius 3 is 2.17 bits per heavy atom. The lowest BCUT2D eigenvalue weighted by Gasteiger charge is -2.34. The Morgan fingerprint density at radius 2 is 1.52 bits per heavy atom. The van der Waals surface area contributed by atoms with Crippen LogP contribution >= 0.6 is 0 Å². The number of hydrogen-bond donors (Lipinski definition) is 1. The van der Waals surface area contributed by atoms with Gasteiger partial charge in [-0.2, -0.15) is 0 Å². The summed E-state index contributed by atoms with van der Waals surface area (Å²) in [6.45, 7) is 5.50. The Hall–Kier alpha value is -4.04. The summed E-state index contributed by atoms with van der Waals surface area (Å²) in [6, 6.07) is 18.9. The van der Waals surface area contributed by atoms with E-state index in [1.807, 2.05) is 41.3 Å². The highest BCUT2D eigenvalue weighted by molar-refractivity contribution is 6.02. The standard InChI is InChI=1S/C32H34F2N4O2/c1-36-18-20-37(21-19-36)29-11-5-26(6-12-29)32(40)38-16-14-24(15-17-38)23-3-9-28(10-4-23)35-31(39)13-7-25-2-8-27(33)22-30(25)34/h2-13,22,24H,14-21H2,1H3,(H,35,39)/b13-7+. The van der Waals surface area contributed by atoms with E-state index in [2.05, 4.69) is 34.3 Å². The summed E-state index contributed by atoms with van der Waals surface area (Å²) >= 11 is 0. The van der Waals surface area contributed by atoms with E-state index in [0.717, 1.165) is 56.7 Å². The van der Waals surface area contributed by atoms with Gasteiger partial charge in [0, 0.05) is 73.9 Å². The Morgan fingerprint density at radius 1 is 0.850 bits per heavy atom. The van der Waals surface area contributed by atoms with Crippen LogP contribution in [-0.4, -0.2) is 67.9 Å². The molecule has 2 aliphatic rings. The van der Waals surface area contributed by atoms with Crippen LogP contribution in [0.15, 0.2) is 72.8 Å². The molecule has 0 radical (unpaired) electrons. The Balaban J connectivity index is 1.10. The largest absolute Gasteiger partial charge is 0.369 e. The van der Waals surface area contributed by atoms with E-state index in [1.54, 1.807) is 0 Å². The number of nitrogens with one attached hydrogen (secondary N) is 1. The first-order valence-corrected chi connectivity index (χ1v) is 13.7. The number of amides is 2. The molecule has 1 N–H and O–H groups in total. The predicted octanol–water partition coefficient (Wildman–Crippen LogP) is 5.39. The topological polar surface area (TPSA) is 55.9 Å². The van der Waals surface area contributed by atoms with Crippen molar-refractivity contribution in [2.75, 3.05) is 56.5 Å². The van der Waals surface area contributed by atoms with Crippen LogP contribution in [0.2, 0.25) is 0 Å². The smallest absolute Gasteiger partial charge is 0.253 e. The molecule has 2 heterocycles. The number of halogens is 2. The van der Waals surface area contributed by atoms with Crippen LogP contribution in [0.5, 0.6) is 0 Å². The monoisotopic (exact) mass is 544 g/mol. The maximum Gasteiger partial charge on any atom is 0.253 e. The molecule has 0 aliphatic carbocycles. The van der Waals surface area contributed by atoms with Gasteiger partial charge in [-0.05, 0) is 86.0 Å². The minimum Gasteiger partial charge on any atom is -0.369 e. The first-order valence-electron chi connectivity index (χ1n) is 13.7. The average Bonchev–Trinajstić information content (AvgIpc) is 2.97. The summed E-state index contributed by atoms with van der Waals surface area (Å²) < 4.78 is 26.8. The molecule has 0 unspecified atom stereocenters. The number of carbonyl (C=O) groups is 2. The molecule has 2 fully saturated rings. The molecule has 6 nitrogen and oxygen atoms in total. The van der Waals surface area contributed by atoms with E-state index in [0.29, 0.717) is 24.7 Å². The van der Waals surface area contributed by atoms with Crippen molar-refractivity contribution in [1.29, 1.82) is 0 Å². The van der Waals surface area contributed by atoms with E-state index in [9.17, 15) is 18.4 Å². The van der Waals surface area contributed by atoms with Crippen molar-refractivity contribution in [3.63, 3.8) is 0 Å². The van der Waals surface area contributed by atoms with E-state index < -0.39 is 17.5 Å². The minimum atomic E-state index is -0.722. The molecule has 5 rings (SSSR count). The van der Waals surface area contributed by atoms with Gasteiger partial charge in [0.25, 0.3) is 5.91 Å². The van der Waals surface area contributed by atoms with Crippen LogP contribution in [0.1, 0.15) is 40.2 Å². The van der Waals surface area contributed by atoms with Gasteiger partial charge in [0.05, 0.1) is 0 Å². The molecule has 0 aromatic heterocycles. The maximum absolute atomic E-state index is 13.7. The fraction of sp³-hybridized carbons (Fsp3) is 0.312. The SMILES string of the molecule is CN1CCN(c2ccc(C(=O)N3CCC(c4ccc(NC(=O)/C=C/c5ccc(F)cc5F)cc4)CC3)cc2)CC1. The molecule has 3 aromatic rings. The zero-order chi connectivity index (χ0) is 28.1. The van der Waals surface area contributed by atoms with Crippen LogP contribution in [0.3, 0.4) is 0 Å². The molecule has 8 heteroatoms. The molecule has 40 heavy (non-hydrogen) atoms. The number of hydrogen-bond acceptors (Lipinski definition) is 4. The number of piperazine rings is 1. The van der Waals surface area contributed by atoms with Crippen molar-refractivity contribution in [3.05, 3.63) is 101 Å². The van der Waals surface area contributed by atoms with Crippen molar-refractivity contribution >= 4 is 29.3 Å². The molecule has 208 valence electrons. The number of piperidine rings is 1. The van der Waals surface area contributed by atoms with E-state index >= 15 is 0 Å². The third-order valence-corrected chi connectivity index (χ3v) is 7.79. The first-order chi connectivity index (χ1) is 19.4. The van der Waals surface area contributed by atoms with E-state index in [-0.39, 0.29) is 11.5 Å². The van der Waals surface area contributed by atoms with Crippen molar-refractivity contribution < 1.29 is 18.4 Å². The van der Waals surface area contributed by atoms with Gasteiger partial charge in [-0.1, -0.05) is 12.1 Å². The molecule has 0 bridgehead atoms. The molecule has 0 spiro atoms. The predicted molar refractivity (Wildman–Crippen MR) is 154 cm³/mol. The summed E-state index contributed by atoms with van der Waals surface area (Å²) in [6.07, 6.45) is 4.29. The lowest BCUT2D eigenvalue weighted by molar-refractivity contribution is -0.111.